The Hall–Kier alpha value is -2.04. The molecular weight excluding hydrogens is 383 g/mol. The van der Waals surface area contributed by atoms with Crippen molar-refractivity contribution in [1.82, 2.24) is 10.2 Å². The van der Waals surface area contributed by atoms with E-state index in [4.69, 9.17) is 23.2 Å². The number of benzene rings is 2. The maximum absolute atomic E-state index is 12.7. The summed E-state index contributed by atoms with van der Waals surface area (Å²) in [4.78, 5) is 27.0. The third-order valence-corrected chi connectivity index (χ3v) is 4.92. The van der Waals surface area contributed by atoms with E-state index in [1.54, 1.807) is 30.0 Å². The molecule has 0 fully saturated rings. The summed E-state index contributed by atoms with van der Waals surface area (Å²) in [5.41, 5.74) is 1.75. The zero-order chi connectivity index (χ0) is 20.0. The summed E-state index contributed by atoms with van der Waals surface area (Å²) < 4.78 is 0. The van der Waals surface area contributed by atoms with Gasteiger partial charge in [-0.1, -0.05) is 67.4 Å². The molecule has 0 aromatic heterocycles. The van der Waals surface area contributed by atoms with Crippen LogP contribution in [-0.4, -0.2) is 22.8 Å². The van der Waals surface area contributed by atoms with Gasteiger partial charge in [-0.25, -0.2) is 0 Å². The van der Waals surface area contributed by atoms with Gasteiger partial charge in [0.15, 0.2) is 0 Å². The molecule has 0 saturated heterocycles. The van der Waals surface area contributed by atoms with Crippen molar-refractivity contribution < 1.29 is 9.59 Å². The SMILES string of the molecule is CC(C)C(=O)N(Cc1ccc(Cl)cc1)[C@@H](C)C(=O)NCc1ccccc1Cl. The molecule has 0 unspecified atom stereocenters. The second-order valence-corrected chi connectivity index (χ2v) is 7.58. The van der Waals surface area contributed by atoms with Crippen LogP contribution in [0.1, 0.15) is 31.9 Å². The molecule has 0 aliphatic rings. The Kier molecular flexibility index (Phi) is 7.69. The van der Waals surface area contributed by atoms with Gasteiger partial charge in [-0.3, -0.25) is 9.59 Å². The van der Waals surface area contributed by atoms with Crippen molar-refractivity contribution in [3.63, 3.8) is 0 Å². The van der Waals surface area contributed by atoms with Crippen LogP contribution in [0, 0.1) is 5.92 Å². The number of hydrogen-bond donors (Lipinski definition) is 1. The van der Waals surface area contributed by atoms with Gasteiger partial charge < -0.3 is 10.2 Å². The summed E-state index contributed by atoms with van der Waals surface area (Å²) in [6.45, 7) is 6.04. The van der Waals surface area contributed by atoms with Gasteiger partial charge in [0.2, 0.25) is 11.8 Å². The van der Waals surface area contributed by atoms with E-state index in [9.17, 15) is 9.59 Å². The van der Waals surface area contributed by atoms with Gasteiger partial charge in [0.1, 0.15) is 6.04 Å². The molecule has 1 atom stereocenters. The zero-order valence-corrected chi connectivity index (χ0v) is 17.2. The minimum atomic E-state index is -0.613. The highest BCUT2D eigenvalue weighted by atomic mass is 35.5. The monoisotopic (exact) mass is 406 g/mol. The lowest BCUT2D eigenvalue weighted by molar-refractivity contribution is -0.143. The van der Waals surface area contributed by atoms with Crippen molar-refractivity contribution in [3.8, 4) is 0 Å². The average molecular weight is 407 g/mol. The number of hydrogen-bond acceptors (Lipinski definition) is 2. The van der Waals surface area contributed by atoms with Gasteiger partial charge in [-0.05, 0) is 36.2 Å². The highest BCUT2D eigenvalue weighted by Gasteiger charge is 2.27. The molecule has 1 N–H and O–H groups in total. The number of carbonyl (C=O) groups is 2. The van der Waals surface area contributed by atoms with E-state index < -0.39 is 6.04 Å². The van der Waals surface area contributed by atoms with E-state index in [-0.39, 0.29) is 17.7 Å². The topological polar surface area (TPSA) is 49.4 Å². The molecule has 0 aliphatic carbocycles. The highest BCUT2D eigenvalue weighted by molar-refractivity contribution is 6.31. The van der Waals surface area contributed by atoms with Crippen LogP contribution in [0.3, 0.4) is 0 Å². The van der Waals surface area contributed by atoms with E-state index >= 15 is 0 Å². The average Bonchev–Trinajstić information content (AvgIpc) is 2.65. The first-order valence-electron chi connectivity index (χ1n) is 8.85. The quantitative estimate of drug-likeness (QED) is 0.725. The summed E-state index contributed by atoms with van der Waals surface area (Å²) in [7, 11) is 0. The Morgan fingerprint density at radius 1 is 1.00 bits per heavy atom. The molecule has 0 heterocycles. The molecule has 0 aliphatic heterocycles. The molecular formula is C21H24Cl2N2O2. The van der Waals surface area contributed by atoms with Crippen LogP contribution in [0.25, 0.3) is 0 Å². The van der Waals surface area contributed by atoms with Crippen molar-refractivity contribution in [3.05, 3.63) is 69.7 Å². The number of amides is 2. The van der Waals surface area contributed by atoms with E-state index in [0.717, 1.165) is 11.1 Å². The van der Waals surface area contributed by atoms with Crippen LogP contribution in [0.4, 0.5) is 0 Å². The molecule has 27 heavy (non-hydrogen) atoms. The number of halogens is 2. The zero-order valence-electron chi connectivity index (χ0n) is 15.7. The Bertz CT molecular complexity index is 791. The van der Waals surface area contributed by atoms with Crippen LogP contribution in [0.15, 0.2) is 48.5 Å². The van der Waals surface area contributed by atoms with Crippen LogP contribution in [0.2, 0.25) is 10.0 Å². The maximum Gasteiger partial charge on any atom is 0.242 e. The Labute approximate surface area is 170 Å². The molecule has 0 saturated carbocycles. The first-order valence-corrected chi connectivity index (χ1v) is 9.61. The number of rotatable bonds is 7. The summed E-state index contributed by atoms with van der Waals surface area (Å²) in [6.07, 6.45) is 0. The van der Waals surface area contributed by atoms with Gasteiger partial charge in [0.25, 0.3) is 0 Å². The maximum atomic E-state index is 12.7. The van der Waals surface area contributed by atoms with E-state index in [0.29, 0.717) is 23.1 Å². The van der Waals surface area contributed by atoms with Crippen LogP contribution in [-0.2, 0) is 22.7 Å². The molecule has 144 valence electrons. The van der Waals surface area contributed by atoms with Crippen molar-refractivity contribution >= 4 is 35.0 Å². The van der Waals surface area contributed by atoms with E-state index in [2.05, 4.69) is 5.32 Å². The van der Waals surface area contributed by atoms with Crippen molar-refractivity contribution in [2.75, 3.05) is 0 Å². The van der Waals surface area contributed by atoms with Gasteiger partial charge in [-0.2, -0.15) is 0 Å². The largest absolute Gasteiger partial charge is 0.350 e. The summed E-state index contributed by atoms with van der Waals surface area (Å²) >= 11 is 12.1. The van der Waals surface area contributed by atoms with Gasteiger partial charge in [-0.15, -0.1) is 0 Å². The summed E-state index contributed by atoms with van der Waals surface area (Å²) in [6, 6.07) is 14.0. The third-order valence-electron chi connectivity index (χ3n) is 4.30. The van der Waals surface area contributed by atoms with Gasteiger partial charge >= 0.3 is 0 Å². The molecule has 0 bridgehead atoms. The fraction of sp³-hybridized carbons (Fsp3) is 0.333. The van der Waals surface area contributed by atoms with Gasteiger partial charge in [0, 0.05) is 29.1 Å². The first kappa shape index (κ1) is 21.3. The lowest BCUT2D eigenvalue weighted by Gasteiger charge is -2.30. The molecule has 2 rings (SSSR count). The highest BCUT2D eigenvalue weighted by Crippen LogP contribution is 2.17. The second kappa shape index (κ2) is 9.77. The molecule has 6 heteroatoms. The standard InChI is InChI=1S/C21H24Cl2N2O2/c1-14(2)21(27)25(13-16-8-10-18(22)11-9-16)15(3)20(26)24-12-17-6-4-5-7-19(17)23/h4-11,14-15H,12-13H2,1-3H3,(H,24,26)/t15-/m0/s1. The molecule has 2 aromatic rings. The summed E-state index contributed by atoms with van der Waals surface area (Å²) in [5.74, 6) is -0.514. The van der Waals surface area contributed by atoms with Crippen LogP contribution >= 0.6 is 23.2 Å². The first-order chi connectivity index (χ1) is 12.8. The van der Waals surface area contributed by atoms with Gasteiger partial charge in [0.05, 0.1) is 0 Å². The summed E-state index contributed by atoms with van der Waals surface area (Å²) in [5, 5.41) is 4.10. The molecule has 2 aromatic carbocycles. The molecule has 0 radical (unpaired) electrons. The third kappa shape index (κ3) is 5.98. The van der Waals surface area contributed by atoms with E-state index in [1.807, 2.05) is 44.2 Å². The van der Waals surface area contributed by atoms with Crippen molar-refractivity contribution in [2.24, 2.45) is 5.92 Å². The smallest absolute Gasteiger partial charge is 0.242 e. The Balaban J connectivity index is 2.10. The predicted octanol–water partition coefficient (Wildman–Crippen LogP) is 4.68. The predicted molar refractivity (Wildman–Crippen MR) is 110 cm³/mol. The number of carbonyl (C=O) groups excluding carboxylic acids is 2. The lowest BCUT2D eigenvalue weighted by Crippen LogP contribution is -2.48. The van der Waals surface area contributed by atoms with Crippen LogP contribution < -0.4 is 5.32 Å². The van der Waals surface area contributed by atoms with E-state index in [1.165, 1.54) is 0 Å². The molecule has 2 amide bonds. The van der Waals surface area contributed by atoms with Crippen LogP contribution in [0.5, 0.6) is 0 Å². The minimum Gasteiger partial charge on any atom is -0.350 e. The Morgan fingerprint density at radius 3 is 2.22 bits per heavy atom. The van der Waals surface area contributed by atoms with Crippen molar-refractivity contribution in [2.45, 2.75) is 39.9 Å². The molecule has 0 spiro atoms. The molecule has 4 nitrogen and oxygen atoms in total. The lowest BCUT2D eigenvalue weighted by atomic mass is 10.1. The minimum absolute atomic E-state index is 0.0784. The normalized spacial score (nSPS) is 11.9. The fourth-order valence-corrected chi connectivity index (χ4v) is 2.97. The van der Waals surface area contributed by atoms with Crippen molar-refractivity contribution in [1.29, 1.82) is 0 Å². The second-order valence-electron chi connectivity index (χ2n) is 6.73. The Morgan fingerprint density at radius 2 is 1.63 bits per heavy atom. The number of nitrogens with one attached hydrogen (secondary N) is 1. The fourth-order valence-electron chi connectivity index (χ4n) is 2.64. The number of nitrogens with zero attached hydrogens (tertiary/aromatic N) is 1.